The molecule has 0 saturated carbocycles. The summed E-state index contributed by atoms with van der Waals surface area (Å²) in [6.45, 7) is 10.4. The van der Waals surface area contributed by atoms with E-state index in [0.29, 0.717) is 0 Å². The van der Waals surface area contributed by atoms with E-state index in [-0.39, 0.29) is 5.54 Å². The van der Waals surface area contributed by atoms with E-state index < -0.39 is 0 Å². The highest BCUT2D eigenvalue weighted by Gasteiger charge is 2.19. The molecule has 0 unspecified atom stereocenters. The zero-order valence-corrected chi connectivity index (χ0v) is 10.3. The molecule has 0 aliphatic rings. The minimum absolute atomic E-state index is 0.00215. The highest BCUT2D eigenvalue weighted by molar-refractivity contribution is 4.80. The lowest BCUT2D eigenvalue weighted by molar-refractivity contribution is 0.103. The van der Waals surface area contributed by atoms with Gasteiger partial charge < -0.3 is 10.5 Å². The summed E-state index contributed by atoms with van der Waals surface area (Å²) in [6, 6.07) is 0. The van der Waals surface area contributed by atoms with Crippen LogP contribution in [0.3, 0.4) is 0 Å². The molecule has 86 valence electrons. The van der Waals surface area contributed by atoms with E-state index in [1.165, 1.54) is 0 Å². The summed E-state index contributed by atoms with van der Waals surface area (Å²) in [5.74, 6) is 0.731. The second-order valence-electron chi connectivity index (χ2n) is 4.61. The van der Waals surface area contributed by atoms with Crippen LogP contribution in [0.15, 0.2) is 0 Å². The molecule has 0 aromatic heterocycles. The van der Waals surface area contributed by atoms with Crippen LogP contribution in [0.1, 0.15) is 53.4 Å². The first-order valence-electron chi connectivity index (χ1n) is 5.90. The van der Waals surface area contributed by atoms with Gasteiger partial charge in [0.1, 0.15) is 0 Å². The van der Waals surface area contributed by atoms with Crippen molar-refractivity contribution in [1.29, 1.82) is 0 Å². The zero-order valence-electron chi connectivity index (χ0n) is 10.3. The summed E-state index contributed by atoms with van der Waals surface area (Å²) in [5, 5.41) is 0. The molecular weight excluding hydrogens is 174 g/mol. The number of rotatable bonds is 8. The van der Waals surface area contributed by atoms with E-state index in [1.54, 1.807) is 0 Å². The lowest BCUT2D eigenvalue weighted by atomic mass is 9.91. The van der Waals surface area contributed by atoms with E-state index in [2.05, 4.69) is 27.7 Å². The molecule has 0 heterocycles. The third-order valence-electron chi connectivity index (χ3n) is 2.99. The van der Waals surface area contributed by atoms with E-state index in [9.17, 15) is 0 Å². The lowest BCUT2D eigenvalue weighted by Crippen LogP contribution is -2.39. The molecule has 0 amide bonds. The lowest BCUT2D eigenvalue weighted by Gasteiger charge is -2.26. The quantitative estimate of drug-likeness (QED) is 0.613. The molecule has 0 aliphatic carbocycles. The van der Waals surface area contributed by atoms with Crippen LogP contribution in [0.25, 0.3) is 0 Å². The molecule has 2 heteroatoms. The average Bonchev–Trinajstić information content (AvgIpc) is 2.16. The molecule has 0 aromatic carbocycles. The Labute approximate surface area is 89.2 Å². The largest absolute Gasteiger partial charge is 0.381 e. The molecule has 14 heavy (non-hydrogen) atoms. The second kappa shape index (κ2) is 7.24. The molecular formula is C12H27NO. The van der Waals surface area contributed by atoms with Crippen LogP contribution < -0.4 is 5.73 Å². The number of hydrogen-bond donors (Lipinski definition) is 1. The maximum absolute atomic E-state index is 6.16. The van der Waals surface area contributed by atoms with Gasteiger partial charge in [0.05, 0.1) is 0 Å². The number of nitrogens with two attached hydrogens (primary N) is 1. The van der Waals surface area contributed by atoms with Crippen LogP contribution in [-0.4, -0.2) is 18.8 Å². The van der Waals surface area contributed by atoms with Crippen molar-refractivity contribution < 1.29 is 4.74 Å². The van der Waals surface area contributed by atoms with Gasteiger partial charge in [0, 0.05) is 18.8 Å². The fraction of sp³-hybridized carbons (Fsp3) is 1.00. The fourth-order valence-electron chi connectivity index (χ4n) is 1.30. The van der Waals surface area contributed by atoms with Gasteiger partial charge in [-0.25, -0.2) is 0 Å². The predicted molar refractivity (Wildman–Crippen MR) is 62.4 cm³/mol. The third-order valence-corrected chi connectivity index (χ3v) is 2.99. The summed E-state index contributed by atoms with van der Waals surface area (Å²) < 4.78 is 5.56. The van der Waals surface area contributed by atoms with Crippen molar-refractivity contribution in [3.05, 3.63) is 0 Å². The summed E-state index contributed by atoms with van der Waals surface area (Å²) in [5.41, 5.74) is 6.16. The Morgan fingerprint density at radius 3 is 2.14 bits per heavy atom. The highest BCUT2D eigenvalue weighted by Crippen LogP contribution is 2.15. The van der Waals surface area contributed by atoms with Gasteiger partial charge in [0.25, 0.3) is 0 Å². The first-order chi connectivity index (χ1) is 6.54. The molecule has 0 aliphatic heterocycles. The predicted octanol–water partition coefficient (Wildman–Crippen LogP) is 2.96. The standard InChI is InChI=1S/C12H27NO/c1-5-12(13,6-2)8-10-14-9-7-11(3)4/h11H,5-10,13H2,1-4H3. The van der Waals surface area contributed by atoms with Gasteiger partial charge in [-0.3, -0.25) is 0 Å². The van der Waals surface area contributed by atoms with E-state index in [0.717, 1.165) is 44.8 Å². The first-order valence-corrected chi connectivity index (χ1v) is 5.90. The maximum Gasteiger partial charge on any atom is 0.0483 e. The molecule has 0 fully saturated rings. The summed E-state index contributed by atoms with van der Waals surface area (Å²) >= 11 is 0. The monoisotopic (exact) mass is 201 g/mol. The van der Waals surface area contributed by atoms with Crippen molar-refractivity contribution in [3.8, 4) is 0 Å². The van der Waals surface area contributed by atoms with Crippen LogP contribution >= 0.6 is 0 Å². The van der Waals surface area contributed by atoms with Crippen LogP contribution in [0, 0.1) is 5.92 Å². The van der Waals surface area contributed by atoms with Crippen molar-refractivity contribution in [2.75, 3.05) is 13.2 Å². The Morgan fingerprint density at radius 1 is 1.14 bits per heavy atom. The van der Waals surface area contributed by atoms with Crippen LogP contribution in [0.2, 0.25) is 0 Å². The summed E-state index contributed by atoms with van der Waals surface area (Å²) in [6.07, 6.45) is 4.21. The molecule has 0 spiro atoms. The van der Waals surface area contributed by atoms with Crippen LogP contribution in [0.4, 0.5) is 0 Å². The second-order valence-corrected chi connectivity index (χ2v) is 4.61. The number of hydrogen-bond acceptors (Lipinski definition) is 2. The average molecular weight is 201 g/mol. The summed E-state index contributed by atoms with van der Waals surface area (Å²) in [7, 11) is 0. The Kier molecular flexibility index (Phi) is 7.20. The molecule has 0 rings (SSSR count). The third kappa shape index (κ3) is 6.39. The van der Waals surface area contributed by atoms with Gasteiger partial charge in [0.2, 0.25) is 0 Å². The molecule has 0 atom stereocenters. The molecule has 0 bridgehead atoms. The van der Waals surface area contributed by atoms with Crippen LogP contribution in [0.5, 0.6) is 0 Å². The van der Waals surface area contributed by atoms with Gasteiger partial charge >= 0.3 is 0 Å². The SMILES string of the molecule is CCC(N)(CC)CCOCCC(C)C. The van der Waals surface area contributed by atoms with Crippen molar-refractivity contribution in [2.24, 2.45) is 11.7 Å². The molecule has 2 nitrogen and oxygen atoms in total. The Morgan fingerprint density at radius 2 is 1.71 bits per heavy atom. The van der Waals surface area contributed by atoms with E-state index in [4.69, 9.17) is 10.5 Å². The molecule has 0 radical (unpaired) electrons. The van der Waals surface area contributed by atoms with Crippen molar-refractivity contribution in [2.45, 2.75) is 58.9 Å². The minimum atomic E-state index is -0.00215. The summed E-state index contributed by atoms with van der Waals surface area (Å²) in [4.78, 5) is 0. The maximum atomic E-state index is 6.16. The van der Waals surface area contributed by atoms with E-state index in [1.807, 2.05) is 0 Å². The van der Waals surface area contributed by atoms with Crippen molar-refractivity contribution >= 4 is 0 Å². The molecule has 0 aromatic rings. The van der Waals surface area contributed by atoms with Gasteiger partial charge in [-0.15, -0.1) is 0 Å². The molecule has 0 saturated heterocycles. The van der Waals surface area contributed by atoms with Gasteiger partial charge in [-0.05, 0) is 31.6 Å². The topological polar surface area (TPSA) is 35.2 Å². The highest BCUT2D eigenvalue weighted by atomic mass is 16.5. The van der Waals surface area contributed by atoms with Gasteiger partial charge in [-0.1, -0.05) is 27.7 Å². The van der Waals surface area contributed by atoms with Gasteiger partial charge in [-0.2, -0.15) is 0 Å². The Hall–Kier alpha value is -0.0800. The Bertz CT molecular complexity index is 130. The minimum Gasteiger partial charge on any atom is -0.381 e. The number of ether oxygens (including phenoxy) is 1. The Balaban J connectivity index is 3.43. The smallest absolute Gasteiger partial charge is 0.0483 e. The van der Waals surface area contributed by atoms with Crippen molar-refractivity contribution in [1.82, 2.24) is 0 Å². The zero-order chi connectivity index (χ0) is 11.0. The first kappa shape index (κ1) is 13.9. The molecule has 2 N–H and O–H groups in total. The van der Waals surface area contributed by atoms with E-state index >= 15 is 0 Å². The normalized spacial score (nSPS) is 12.4. The van der Waals surface area contributed by atoms with Gasteiger partial charge in [0.15, 0.2) is 0 Å². The van der Waals surface area contributed by atoms with Crippen LogP contribution in [-0.2, 0) is 4.74 Å². The van der Waals surface area contributed by atoms with Crippen molar-refractivity contribution in [3.63, 3.8) is 0 Å². The fourth-order valence-corrected chi connectivity index (χ4v) is 1.30.